The molecule has 2 amide bonds. The summed E-state index contributed by atoms with van der Waals surface area (Å²) in [6.45, 7) is 7.74. The van der Waals surface area contributed by atoms with Gasteiger partial charge in [-0.05, 0) is 38.2 Å². The Hall–Kier alpha value is -2.11. The summed E-state index contributed by atoms with van der Waals surface area (Å²) in [6, 6.07) is 3.67. The van der Waals surface area contributed by atoms with Gasteiger partial charge in [-0.1, -0.05) is 26.8 Å². The number of piperidine rings is 2. The average Bonchev–Trinajstić information content (AvgIpc) is 2.66. The summed E-state index contributed by atoms with van der Waals surface area (Å²) in [5, 5.41) is 5.49. The van der Waals surface area contributed by atoms with Crippen LogP contribution in [0.2, 0.25) is 0 Å². The van der Waals surface area contributed by atoms with E-state index in [0.717, 1.165) is 63.6 Å². The van der Waals surface area contributed by atoms with Crippen molar-refractivity contribution in [3.05, 3.63) is 34.2 Å². The molecule has 3 N–H and O–H groups in total. The second-order valence-corrected chi connectivity index (χ2v) is 5.49. The lowest BCUT2D eigenvalue weighted by atomic mass is 10.2. The number of aromatic amines is 1. The number of amides is 2. The number of H-pyrrole nitrogens is 1. The van der Waals surface area contributed by atoms with E-state index in [0.29, 0.717) is 0 Å². The molecule has 0 aliphatic carbocycles. The molecule has 0 spiro atoms. The van der Waals surface area contributed by atoms with Crippen LogP contribution in [0.4, 0.5) is 0 Å². The number of pyridine rings is 1. The molecule has 3 rings (SSSR count). The average molecular weight is 351 g/mol. The molecule has 0 radical (unpaired) electrons. The number of aryl methyl sites for hydroxylation is 1. The van der Waals surface area contributed by atoms with Crippen LogP contribution in [-0.2, 0) is 16.0 Å². The summed E-state index contributed by atoms with van der Waals surface area (Å²) < 4.78 is 0. The van der Waals surface area contributed by atoms with E-state index in [4.69, 9.17) is 0 Å². The maximum Gasteiger partial charge on any atom is 0.251 e. The Bertz CT molecular complexity index is 503. The van der Waals surface area contributed by atoms with Crippen LogP contribution < -0.4 is 16.2 Å². The molecule has 2 aliphatic rings. The van der Waals surface area contributed by atoms with E-state index in [1.165, 1.54) is 0 Å². The third kappa shape index (κ3) is 12.0. The van der Waals surface area contributed by atoms with E-state index in [1.54, 1.807) is 6.20 Å². The highest BCUT2D eigenvalue weighted by atomic mass is 16.2. The lowest BCUT2D eigenvalue weighted by Gasteiger charge is -2.08. The van der Waals surface area contributed by atoms with Crippen molar-refractivity contribution in [1.82, 2.24) is 15.6 Å². The first-order valence-corrected chi connectivity index (χ1v) is 9.33. The highest BCUT2D eigenvalue weighted by molar-refractivity contribution is 5.76. The van der Waals surface area contributed by atoms with Crippen molar-refractivity contribution in [2.75, 3.05) is 13.1 Å². The zero-order valence-corrected chi connectivity index (χ0v) is 15.8. The van der Waals surface area contributed by atoms with Crippen LogP contribution in [0, 0.1) is 0 Å². The Morgan fingerprint density at radius 3 is 1.64 bits per heavy atom. The molecule has 25 heavy (non-hydrogen) atoms. The fourth-order valence-corrected chi connectivity index (χ4v) is 2.19. The highest BCUT2D eigenvalue weighted by Gasteiger charge is 2.04. The van der Waals surface area contributed by atoms with Crippen LogP contribution in [0.15, 0.2) is 23.1 Å². The molecular weight excluding hydrogens is 318 g/mol. The van der Waals surface area contributed by atoms with Gasteiger partial charge >= 0.3 is 0 Å². The number of carbonyl (C=O) groups excluding carboxylic acids is 2. The van der Waals surface area contributed by atoms with Crippen molar-refractivity contribution in [3.8, 4) is 0 Å². The van der Waals surface area contributed by atoms with Gasteiger partial charge in [-0.15, -0.1) is 0 Å². The van der Waals surface area contributed by atoms with Crippen molar-refractivity contribution in [1.29, 1.82) is 0 Å². The molecule has 2 aliphatic heterocycles. The van der Waals surface area contributed by atoms with Gasteiger partial charge in [-0.2, -0.15) is 0 Å². The van der Waals surface area contributed by atoms with Crippen LogP contribution in [0.5, 0.6) is 0 Å². The van der Waals surface area contributed by atoms with Crippen LogP contribution in [-0.4, -0.2) is 29.9 Å². The first-order chi connectivity index (χ1) is 12.1. The SMILES string of the molecule is CC.CCc1ccc[nH]c1=O.O=C1CCCCN1.O=C1CCCCN1. The third-order valence-electron chi connectivity index (χ3n) is 3.59. The molecule has 1 aromatic rings. The minimum Gasteiger partial charge on any atom is -0.356 e. The number of carbonyl (C=O) groups is 2. The Morgan fingerprint density at radius 1 is 0.880 bits per heavy atom. The monoisotopic (exact) mass is 351 g/mol. The molecule has 2 saturated heterocycles. The number of aromatic nitrogens is 1. The molecule has 0 unspecified atom stereocenters. The zero-order valence-electron chi connectivity index (χ0n) is 15.8. The molecular formula is C19H33N3O3. The number of rotatable bonds is 1. The maximum atomic E-state index is 10.8. The van der Waals surface area contributed by atoms with Gasteiger partial charge in [-0.25, -0.2) is 0 Å². The fraction of sp³-hybridized carbons (Fsp3) is 0.632. The summed E-state index contributed by atoms with van der Waals surface area (Å²) in [5.41, 5.74) is 0.873. The van der Waals surface area contributed by atoms with E-state index in [2.05, 4.69) is 15.6 Å². The fourth-order valence-electron chi connectivity index (χ4n) is 2.19. The molecule has 142 valence electrons. The molecule has 0 aromatic carbocycles. The van der Waals surface area contributed by atoms with Crippen LogP contribution in [0.1, 0.15) is 64.9 Å². The van der Waals surface area contributed by atoms with Gasteiger partial charge in [0.2, 0.25) is 11.8 Å². The molecule has 6 heteroatoms. The van der Waals surface area contributed by atoms with Crippen LogP contribution in [0.3, 0.4) is 0 Å². The predicted molar refractivity (Wildman–Crippen MR) is 102 cm³/mol. The normalized spacial score (nSPS) is 15.6. The van der Waals surface area contributed by atoms with E-state index >= 15 is 0 Å². The molecule has 3 heterocycles. The quantitative estimate of drug-likeness (QED) is 0.726. The topological polar surface area (TPSA) is 91.1 Å². The molecule has 6 nitrogen and oxygen atoms in total. The summed E-state index contributed by atoms with van der Waals surface area (Å²) in [5.74, 6) is 0.428. The van der Waals surface area contributed by atoms with Gasteiger partial charge in [0.05, 0.1) is 0 Å². The summed E-state index contributed by atoms with van der Waals surface area (Å²) in [6.07, 6.45) is 8.38. The number of hydrogen-bond acceptors (Lipinski definition) is 3. The Morgan fingerprint density at radius 2 is 1.40 bits per heavy atom. The van der Waals surface area contributed by atoms with Gasteiger partial charge < -0.3 is 15.6 Å². The molecule has 0 saturated carbocycles. The van der Waals surface area contributed by atoms with Crippen molar-refractivity contribution in [3.63, 3.8) is 0 Å². The molecule has 0 bridgehead atoms. The second-order valence-electron chi connectivity index (χ2n) is 5.49. The smallest absolute Gasteiger partial charge is 0.251 e. The third-order valence-corrected chi connectivity index (χ3v) is 3.59. The minimum atomic E-state index is 0.0278. The van der Waals surface area contributed by atoms with E-state index in [9.17, 15) is 14.4 Å². The summed E-state index contributed by atoms with van der Waals surface area (Å²) in [4.78, 5) is 34.1. The second kappa shape index (κ2) is 15.4. The molecule has 0 atom stereocenters. The van der Waals surface area contributed by atoms with Crippen molar-refractivity contribution >= 4 is 11.8 Å². The Kier molecular flexibility index (Phi) is 14.1. The van der Waals surface area contributed by atoms with E-state index in [-0.39, 0.29) is 17.4 Å². The number of hydrogen-bond donors (Lipinski definition) is 3. The predicted octanol–water partition coefficient (Wildman–Crippen LogP) is 2.54. The zero-order chi connectivity index (χ0) is 18.9. The molecule has 1 aromatic heterocycles. The first kappa shape index (κ1) is 22.9. The maximum absolute atomic E-state index is 10.8. The van der Waals surface area contributed by atoms with E-state index in [1.807, 2.05) is 32.9 Å². The number of nitrogens with one attached hydrogen (secondary N) is 3. The van der Waals surface area contributed by atoms with Crippen molar-refractivity contribution in [2.24, 2.45) is 0 Å². The van der Waals surface area contributed by atoms with E-state index < -0.39 is 0 Å². The summed E-state index contributed by atoms with van der Waals surface area (Å²) >= 11 is 0. The van der Waals surface area contributed by atoms with Crippen molar-refractivity contribution < 1.29 is 9.59 Å². The highest BCUT2D eigenvalue weighted by Crippen LogP contribution is 1.99. The van der Waals surface area contributed by atoms with Crippen molar-refractivity contribution in [2.45, 2.75) is 65.7 Å². The Balaban J connectivity index is 0.000000332. The lowest BCUT2D eigenvalue weighted by molar-refractivity contribution is -0.123. The standard InChI is InChI=1S/C7H9NO.2C5H9NO.C2H6/c1-2-6-4-3-5-8-7(6)9;2*7-5-3-1-2-4-6-5;1-2/h3-5H,2H2,1H3,(H,8,9);2*1-4H2,(H,6,7);1-2H3. The van der Waals surface area contributed by atoms with Gasteiger partial charge in [-0.3, -0.25) is 14.4 Å². The van der Waals surface area contributed by atoms with Crippen LogP contribution in [0.25, 0.3) is 0 Å². The Labute approximate surface area is 150 Å². The largest absolute Gasteiger partial charge is 0.356 e. The van der Waals surface area contributed by atoms with Gasteiger partial charge in [0, 0.05) is 37.7 Å². The molecule has 2 fully saturated rings. The van der Waals surface area contributed by atoms with Gasteiger partial charge in [0.1, 0.15) is 0 Å². The van der Waals surface area contributed by atoms with Crippen LogP contribution >= 0.6 is 0 Å². The van der Waals surface area contributed by atoms with Gasteiger partial charge in [0.25, 0.3) is 5.56 Å². The minimum absolute atomic E-state index is 0.0278. The first-order valence-electron chi connectivity index (χ1n) is 9.33. The lowest BCUT2D eigenvalue weighted by Crippen LogP contribution is -2.28. The summed E-state index contributed by atoms with van der Waals surface area (Å²) in [7, 11) is 0. The van der Waals surface area contributed by atoms with Gasteiger partial charge in [0.15, 0.2) is 0 Å².